The molecule has 1 atom stereocenters. The second-order valence-electron chi connectivity index (χ2n) is 10.3. The van der Waals surface area contributed by atoms with Gasteiger partial charge in [0.2, 0.25) is 0 Å². The zero-order valence-electron chi connectivity index (χ0n) is 29.6. The molecule has 0 amide bonds. The number of hydrogen-bond acceptors (Lipinski definition) is 6. The minimum atomic E-state index is -2.85. The summed E-state index contributed by atoms with van der Waals surface area (Å²) in [5.74, 6) is 1.44. The number of phenolic OH excluding ortho intramolecular Hbond substituents is 1. The topological polar surface area (TPSA) is 94.1 Å². The van der Waals surface area contributed by atoms with E-state index >= 15 is 0 Å². The maximum atomic E-state index is 12.6. The summed E-state index contributed by atoms with van der Waals surface area (Å²) in [7, 11) is -2.85. The fourth-order valence-electron chi connectivity index (χ4n) is 3.73. The third-order valence-corrected chi connectivity index (χ3v) is 7.75. The Hall–Kier alpha value is -2.76. The zero-order valence-corrected chi connectivity index (χ0v) is 30.5. The fraction of sp³-hybridized carbons (Fsp3) is 0.583. The van der Waals surface area contributed by atoms with Crippen molar-refractivity contribution >= 4 is 13.3 Å². The maximum Gasteiger partial charge on any atom is 0.320 e. The molecule has 0 spiro atoms. The van der Waals surface area contributed by atoms with Crippen molar-refractivity contribution in [2.75, 3.05) is 32.8 Å². The molecule has 1 unspecified atom stereocenters. The number of carbonyl (C=O) groups excluding carboxylic acids is 1. The third-order valence-electron chi connectivity index (χ3n) is 6.30. The molecule has 2 aromatic carbocycles. The quantitative estimate of drug-likeness (QED) is 0.114. The highest BCUT2D eigenvalue weighted by Gasteiger charge is 2.18. The molecule has 0 aliphatic heterocycles. The normalized spacial score (nSPS) is 11.2. The van der Waals surface area contributed by atoms with Gasteiger partial charge in [-0.05, 0) is 86.6 Å². The lowest BCUT2D eigenvalue weighted by molar-refractivity contribution is -0.141. The molecule has 7 nitrogen and oxygen atoms in total. The average Bonchev–Trinajstić information content (AvgIpc) is 3.00. The van der Waals surface area contributed by atoms with E-state index in [1.54, 1.807) is 19.7 Å². The smallest absolute Gasteiger partial charge is 0.320 e. The Kier molecular flexibility index (Phi) is 25.2. The van der Waals surface area contributed by atoms with Gasteiger partial charge in [-0.2, -0.15) is 0 Å². The molecule has 0 fully saturated rings. The molecule has 0 aliphatic rings. The Morgan fingerprint density at radius 1 is 0.909 bits per heavy atom. The molecular formula is C36H62NO6P. The van der Waals surface area contributed by atoms with Gasteiger partial charge in [-0.15, -0.1) is 0 Å². The van der Waals surface area contributed by atoms with Crippen LogP contribution >= 0.6 is 7.29 Å². The number of allylic oxidation sites excluding steroid dienone is 1. The summed E-state index contributed by atoms with van der Waals surface area (Å²) in [6.45, 7) is 26.4. The van der Waals surface area contributed by atoms with E-state index in [0.29, 0.717) is 18.1 Å². The highest BCUT2D eigenvalue weighted by Crippen LogP contribution is 2.36. The number of hydrogen-bond donors (Lipinski definition) is 2. The van der Waals surface area contributed by atoms with Gasteiger partial charge in [0.25, 0.3) is 0 Å². The van der Waals surface area contributed by atoms with E-state index in [2.05, 4.69) is 38.5 Å². The lowest BCUT2D eigenvalue weighted by Crippen LogP contribution is -2.24. The fourth-order valence-corrected chi connectivity index (χ4v) is 4.68. The van der Waals surface area contributed by atoms with Crippen LogP contribution in [-0.4, -0.2) is 43.8 Å². The van der Waals surface area contributed by atoms with Crippen LogP contribution < -0.4 is 9.82 Å². The largest absolute Gasteiger partial charge is 0.508 e. The second kappa shape index (κ2) is 25.6. The van der Waals surface area contributed by atoms with Crippen molar-refractivity contribution in [1.29, 1.82) is 0 Å². The van der Waals surface area contributed by atoms with Crippen molar-refractivity contribution in [2.24, 2.45) is 0 Å². The molecule has 0 bridgehead atoms. The number of ether oxygens (including phenoxy) is 3. The van der Waals surface area contributed by atoms with Crippen LogP contribution in [0.25, 0.3) is 0 Å². The van der Waals surface area contributed by atoms with E-state index in [0.717, 1.165) is 60.3 Å². The van der Waals surface area contributed by atoms with Gasteiger partial charge in [0.1, 0.15) is 11.5 Å². The maximum absolute atomic E-state index is 12.6. The Morgan fingerprint density at radius 3 is 1.93 bits per heavy atom. The Labute approximate surface area is 269 Å². The van der Waals surface area contributed by atoms with Crippen LogP contribution in [0.5, 0.6) is 11.5 Å². The van der Waals surface area contributed by atoms with Crippen LogP contribution in [0.15, 0.2) is 42.7 Å². The highest BCUT2D eigenvalue weighted by molar-refractivity contribution is 7.60. The third kappa shape index (κ3) is 19.5. The number of nitrogens with one attached hydrogen (secondary N) is 1. The van der Waals surface area contributed by atoms with Gasteiger partial charge in [-0.25, -0.2) is 0 Å². The van der Waals surface area contributed by atoms with Gasteiger partial charge in [0, 0.05) is 13.1 Å². The minimum absolute atomic E-state index is 0.0109. The molecule has 0 aromatic heterocycles. The van der Waals surface area contributed by atoms with Crippen LogP contribution in [0.1, 0.15) is 109 Å². The lowest BCUT2D eigenvalue weighted by Gasteiger charge is -2.18. The van der Waals surface area contributed by atoms with Gasteiger partial charge in [0.15, 0.2) is 13.6 Å². The standard InChI is InChI=1S/C24H34NO5P.C6H12O.C4H10.C2H6/c1-6-8-20-13-19(9-10-23(20)26)14-22-17(3)11-21(12-18(22)4)30-16-31(5,28)25-15-24(27)29-7-2;1-4-6(3)7-5-2;1-3-4-2;1-2/h9-13,26H,6-8,14-16H2,1-5H3,(H,25,28);3-5H2,1-2H3;3-4H2,1-2H3;1-2H3. The van der Waals surface area contributed by atoms with E-state index in [9.17, 15) is 14.5 Å². The molecule has 44 heavy (non-hydrogen) atoms. The SMILES string of the molecule is C=C(CC)OCC.CC.CCCC.CCCc1cc(Cc2c(C)cc(OCP(C)(=O)NCC(=O)OCC)cc2C)ccc1O. The molecule has 252 valence electrons. The Balaban J connectivity index is 0. The average molecular weight is 636 g/mol. The molecule has 0 aliphatic carbocycles. The summed E-state index contributed by atoms with van der Waals surface area (Å²) in [5.41, 5.74) is 5.52. The van der Waals surface area contributed by atoms with Gasteiger partial charge < -0.3 is 23.9 Å². The molecule has 0 radical (unpaired) electrons. The molecular weight excluding hydrogens is 573 g/mol. The summed E-state index contributed by atoms with van der Waals surface area (Å²) in [6.07, 6.45) is 6.15. The molecule has 2 rings (SSSR count). The zero-order chi connectivity index (χ0) is 34.1. The van der Waals surface area contributed by atoms with Crippen molar-refractivity contribution in [3.63, 3.8) is 0 Å². The predicted molar refractivity (Wildman–Crippen MR) is 187 cm³/mol. The lowest BCUT2D eigenvalue weighted by atomic mass is 9.94. The van der Waals surface area contributed by atoms with Gasteiger partial charge in [0.05, 0.1) is 25.5 Å². The molecule has 2 N–H and O–H groups in total. The molecule has 2 aromatic rings. The Bertz CT molecular complexity index is 1110. The van der Waals surface area contributed by atoms with Crippen molar-refractivity contribution in [3.05, 3.63) is 70.5 Å². The number of unbranched alkanes of at least 4 members (excludes halogenated alkanes) is 1. The van der Waals surface area contributed by atoms with Gasteiger partial charge in [-0.3, -0.25) is 9.88 Å². The van der Waals surface area contributed by atoms with Crippen LogP contribution in [0, 0.1) is 13.8 Å². The number of phenols is 1. The monoisotopic (exact) mass is 635 g/mol. The van der Waals surface area contributed by atoms with Crippen LogP contribution in [0.2, 0.25) is 0 Å². The first kappa shape index (κ1) is 43.4. The van der Waals surface area contributed by atoms with Crippen LogP contribution in [0.3, 0.4) is 0 Å². The number of aryl methyl sites for hydroxylation is 3. The van der Waals surface area contributed by atoms with Crippen molar-refractivity contribution in [1.82, 2.24) is 5.09 Å². The van der Waals surface area contributed by atoms with Crippen molar-refractivity contribution < 1.29 is 28.7 Å². The second-order valence-corrected chi connectivity index (χ2v) is 13.0. The summed E-state index contributed by atoms with van der Waals surface area (Å²) in [6, 6.07) is 9.69. The number of benzene rings is 2. The minimum Gasteiger partial charge on any atom is -0.508 e. The molecule has 8 heteroatoms. The molecule has 0 saturated carbocycles. The van der Waals surface area contributed by atoms with Crippen molar-refractivity contribution in [3.8, 4) is 11.5 Å². The first-order valence-corrected chi connectivity index (χ1v) is 18.5. The van der Waals surface area contributed by atoms with Crippen LogP contribution in [0.4, 0.5) is 0 Å². The van der Waals surface area contributed by atoms with Gasteiger partial charge >= 0.3 is 5.97 Å². The van der Waals surface area contributed by atoms with E-state index < -0.39 is 13.3 Å². The molecule has 0 saturated heterocycles. The summed E-state index contributed by atoms with van der Waals surface area (Å²) >= 11 is 0. The molecule has 0 heterocycles. The number of aromatic hydroxyl groups is 1. The van der Waals surface area contributed by atoms with Crippen LogP contribution in [-0.2, 0) is 31.7 Å². The van der Waals surface area contributed by atoms with E-state index in [-0.39, 0.29) is 12.9 Å². The van der Waals surface area contributed by atoms with Gasteiger partial charge in [-0.1, -0.05) is 79.5 Å². The summed E-state index contributed by atoms with van der Waals surface area (Å²) < 4.78 is 28.2. The Morgan fingerprint density at radius 2 is 1.48 bits per heavy atom. The first-order chi connectivity index (χ1) is 20.9. The predicted octanol–water partition coefficient (Wildman–Crippen LogP) is 9.73. The van der Waals surface area contributed by atoms with E-state index in [1.165, 1.54) is 18.4 Å². The van der Waals surface area contributed by atoms with E-state index in [1.807, 2.05) is 59.7 Å². The number of carbonyl (C=O) groups is 1. The number of rotatable bonds is 15. The first-order valence-electron chi connectivity index (χ1n) is 16.2. The summed E-state index contributed by atoms with van der Waals surface area (Å²) in [5, 5.41) is 12.8. The van der Waals surface area contributed by atoms with E-state index in [4.69, 9.17) is 14.2 Å². The van der Waals surface area contributed by atoms with Crippen molar-refractivity contribution in [2.45, 2.75) is 108 Å². The summed E-state index contributed by atoms with van der Waals surface area (Å²) in [4.78, 5) is 11.5. The number of esters is 1. The highest BCUT2D eigenvalue weighted by atomic mass is 31.2.